The first-order valence-corrected chi connectivity index (χ1v) is 12.3. The van der Waals surface area contributed by atoms with E-state index in [0.717, 1.165) is 16.9 Å². The number of aryl methyl sites for hydroxylation is 1. The number of ether oxygens (including phenoxy) is 2. The Morgan fingerprint density at radius 3 is 2.39 bits per heavy atom. The molecule has 7 nitrogen and oxygen atoms in total. The lowest BCUT2D eigenvalue weighted by molar-refractivity contribution is -0.140. The van der Waals surface area contributed by atoms with Crippen LogP contribution >= 0.6 is 0 Å². The molecule has 0 aromatic heterocycles. The third kappa shape index (κ3) is 5.57. The quantitative estimate of drug-likeness (QED) is 0.304. The van der Waals surface area contributed by atoms with Crippen molar-refractivity contribution in [1.29, 1.82) is 0 Å². The first-order valence-electron chi connectivity index (χ1n) is 12.3. The molecule has 1 amide bonds. The normalized spacial score (nSPS) is 17.5. The van der Waals surface area contributed by atoms with Crippen molar-refractivity contribution in [2.24, 2.45) is 0 Å². The lowest BCUT2D eigenvalue weighted by Gasteiger charge is -2.27. The molecule has 0 saturated carbocycles. The van der Waals surface area contributed by atoms with Crippen LogP contribution in [-0.4, -0.2) is 67.0 Å². The molecule has 36 heavy (non-hydrogen) atoms. The van der Waals surface area contributed by atoms with Gasteiger partial charge in [0.05, 0.1) is 24.8 Å². The Kier molecular flexibility index (Phi) is 8.46. The molecule has 2 aromatic carbocycles. The molecule has 0 bridgehead atoms. The Morgan fingerprint density at radius 1 is 1.11 bits per heavy atom. The van der Waals surface area contributed by atoms with Crippen molar-refractivity contribution in [3.63, 3.8) is 0 Å². The maximum absolute atomic E-state index is 13.4. The molecular weight excluding hydrogens is 456 g/mol. The zero-order valence-electron chi connectivity index (χ0n) is 22.6. The highest BCUT2D eigenvalue weighted by atomic mass is 16.5. The number of likely N-dealkylation sites (tertiary alicyclic amines) is 1. The van der Waals surface area contributed by atoms with Crippen LogP contribution in [-0.2, 0) is 9.59 Å². The second-order valence-electron chi connectivity index (χ2n) is 10.1. The van der Waals surface area contributed by atoms with E-state index in [1.54, 1.807) is 12.0 Å². The molecule has 1 atom stereocenters. The predicted molar refractivity (Wildman–Crippen MR) is 142 cm³/mol. The van der Waals surface area contributed by atoms with Gasteiger partial charge in [-0.25, -0.2) is 0 Å². The van der Waals surface area contributed by atoms with Crippen LogP contribution in [0, 0.1) is 6.92 Å². The number of benzene rings is 2. The fourth-order valence-corrected chi connectivity index (χ4v) is 4.52. The van der Waals surface area contributed by atoms with Crippen LogP contribution in [0.1, 0.15) is 61.9 Å². The number of ketones is 1. The van der Waals surface area contributed by atoms with Gasteiger partial charge in [-0.15, -0.1) is 0 Å². The van der Waals surface area contributed by atoms with E-state index >= 15 is 0 Å². The molecule has 3 rings (SSSR count). The summed E-state index contributed by atoms with van der Waals surface area (Å²) in [5, 5.41) is 11.6. The van der Waals surface area contributed by atoms with Crippen LogP contribution in [0.15, 0.2) is 42.0 Å². The smallest absolute Gasteiger partial charge is 0.295 e. The standard InChI is InChI=1S/C29H38N2O5/c1-17(2)22-16-23(19(5)14-24(22)35-8)27(32)25-26(20-10-9-11-21(15-20)36-18(3)4)31(13-12-30(6)7)29(34)28(25)33/h9-11,14-18,26,32H,12-13H2,1-8H3/b27-25+. The third-order valence-corrected chi connectivity index (χ3v) is 6.33. The van der Waals surface area contributed by atoms with E-state index in [9.17, 15) is 14.7 Å². The van der Waals surface area contributed by atoms with E-state index in [1.165, 1.54) is 0 Å². The van der Waals surface area contributed by atoms with Crippen LogP contribution in [0.3, 0.4) is 0 Å². The fraction of sp³-hybridized carbons (Fsp3) is 0.448. The van der Waals surface area contributed by atoms with Gasteiger partial charge in [-0.05, 0) is 81.7 Å². The molecule has 0 spiro atoms. The van der Waals surface area contributed by atoms with E-state index in [-0.39, 0.29) is 23.4 Å². The van der Waals surface area contributed by atoms with Gasteiger partial charge in [0.1, 0.15) is 17.3 Å². The third-order valence-electron chi connectivity index (χ3n) is 6.33. The molecular formula is C29H38N2O5. The first-order chi connectivity index (χ1) is 17.0. The minimum absolute atomic E-state index is 0.0308. The van der Waals surface area contributed by atoms with Gasteiger partial charge in [0.15, 0.2) is 0 Å². The van der Waals surface area contributed by atoms with Gasteiger partial charge in [0.25, 0.3) is 11.7 Å². The average Bonchev–Trinajstić information content (AvgIpc) is 3.06. The van der Waals surface area contributed by atoms with Gasteiger partial charge in [0.2, 0.25) is 0 Å². The SMILES string of the molecule is COc1cc(C)c(/C(O)=C2\C(=O)C(=O)N(CCN(C)C)C2c2cccc(OC(C)C)c2)cc1C(C)C. The van der Waals surface area contributed by atoms with Crippen LogP contribution in [0.25, 0.3) is 5.76 Å². The predicted octanol–water partition coefficient (Wildman–Crippen LogP) is 4.90. The Bertz CT molecular complexity index is 1170. The lowest BCUT2D eigenvalue weighted by Crippen LogP contribution is -2.35. The summed E-state index contributed by atoms with van der Waals surface area (Å²) in [5.74, 6) is 0.0174. The molecule has 1 heterocycles. The largest absolute Gasteiger partial charge is 0.507 e. The van der Waals surface area contributed by atoms with Crippen molar-refractivity contribution in [2.75, 3.05) is 34.3 Å². The minimum atomic E-state index is -0.732. The summed E-state index contributed by atoms with van der Waals surface area (Å²) in [7, 11) is 5.44. The van der Waals surface area contributed by atoms with E-state index in [4.69, 9.17) is 9.47 Å². The van der Waals surface area contributed by atoms with Crippen LogP contribution < -0.4 is 9.47 Å². The summed E-state index contributed by atoms with van der Waals surface area (Å²) < 4.78 is 11.4. The van der Waals surface area contributed by atoms with Crippen molar-refractivity contribution in [2.45, 2.75) is 52.7 Å². The number of methoxy groups -OCH3 is 1. The molecule has 1 aliphatic rings. The van der Waals surface area contributed by atoms with E-state index in [1.807, 2.05) is 90.0 Å². The molecule has 1 N–H and O–H groups in total. The number of rotatable bonds is 9. The van der Waals surface area contributed by atoms with Crippen molar-refractivity contribution in [3.05, 3.63) is 64.2 Å². The number of nitrogens with zero attached hydrogens (tertiary/aromatic N) is 2. The number of aliphatic hydroxyl groups excluding tert-OH is 1. The van der Waals surface area contributed by atoms with Crippen molar-refractivity contribution >= 4 is 17.4 Å². The zero-order chi connectivity index (χ0) is 26.7. The van der Waals surface area contributed by atoms with Crippen molar-refractivity contribution in [1.82, 2.24) is 9.80 Å². The summed E-state index contributed by atoms with van der Waals surface area (Å²) in [6, 6.07) is 10.4. The summed E-state index contributed by atoms with van der Waals surface area (Å²) >= 11 is 0. The average molecular weight is 495 g/mol. The monoisotopic (exact) mass is 494 g/mol. The molecule has 194 valence electrons. The Labute approximate surface area is 214 Å². The Morgan fingerprint density at radius 2 is 1.81 bits per heavy atom. The van der Waals surface area contributed by atoms with Gasteiger partial charge >= 0.3 is 0 Å². The van der Waals surface area contributed by atoms with E-state index < -0.39 is 17.7 Å². The molecule has 0 aliphatic carbocycles. The van der Waals surface area contributed by atoms with Crippen LogP contribution in [0.5, 0.6) is 11.5 Å². The van der Waals surface area contributed by atoms with Gasteiger partial charge in [-0.2, -0.15) is 0 Å². The molecule has 1 aliphatic heterocycles. The summed E-state index contributed by atoms with van der Waals surface area (Å²) in [5.41, 5.74) is 2.98. The van der Waals surface area contributed by atoms with E-state index in [0.29, 0.717) is 30.0 Å². The van der Waals surface area contributed by atoms with Gasteiger partial charge in [0, 0.05) is 18.7 Å². The number of carbonyl (C=O) groups is 2. The number of carbonyl (C=O) groups excluding carboxylic acids is 2. The summed E-state index contributed by atoms with van der Waals surface area (Å²) in [4.78, 5) is 30.1. The van der Waals surface area contributed by atoms with Crippen molar-refractivity contribution in [3.8, 4) is 11.5 Å². The molecule has 1 unspecified atom stereocenters. The topological polar surface area (TPSA) is 79.3 Å². The minimum Gasteiger partial charge on any atom is -0.507 e. The lowest BCUT2D eigenvalue weighted by atomic mass is 9.91. The number of hydrogen-bond acceptors (Lipinski definition) is 6. The molecule has 1 saturated heterocycles. The fourth-order valence-electron chi connectivity index (χ4n) is 4.52. The second-order valence-corrected chi connectivity index (χ2v) is 10.1. The van der Waals surface area contributed by atoms with Crippen molar-refractivity contribution < 1.29 is 24.2 Å². The second kappa shape index (κ2) is 11.2. The summed E-state index contributed by atoms with van der Waals surface area (Å²) in [6.07, 6.45) is -0.0308. The molecule has 2 aromatic rings. The Balaban J connectivity index is 2.24. The molecule has 1 fully saturated rings. The van der Waals surface area contributed by atoms with Crippen LogP contribution in [0.2, 0.25) is 0 Å². The zero-order valence-corrected chi connectivity index (χ0v) is 22.6. The molecule has 0 radical (unpaired) electrons. The first kappa shape index (κ1) is 27.3. The highest BCUT2D eigenvalue weighted by Crippen LogP contribution is 2.42. The highest BCUT2D eigenvalue weighted by Gasteiger charge is 2.46. The number of likely N-dealkylation sites (N-methyl/N-ethyl adjacent to an activating group) is 1. The number of aliphatic hydroxyl groups is 1. The van der Waals surface area contributed by atoms with E-state index in [2.05, 4.69) is 0 Å². The van der Waals surface area contributed by atoms with Gasteiger partial charge in [-0.3, -0.25) is 9.59 Å². The van der Waals surface area contributed by atoms with Gasteiger partial charge in [-0.1, -0.05) is 26.0 Å². The number of hydrogen-bond donors (Lipinski definition) is 1. The number of amides is 1. The number of Topliss-reactive ketones (excluding diaryl/α,β-unsaturated/α-hetero) is 1. The van der Waals surface area contributed by atoms with Crippen LogP contribution in [0.4, 0.5) is 0 Å². The maximum Gasteiger partial charge on any atom is 0.295 e. The summed E-state index contributed by atoms with van der Waals surface area (Å²) in [6.45, 7) is 10.7. The van der Waals surface area contributed by atoms with Gasteiger partial charge < -0.3 is 24.4 Å². The molecule has 7 heteroatoms. The maximum atomic E-state index is 13.4. The Hall–Kier alpha value is -3.32. The highest BCUT2D eigenvalue weighted by molar-refractivity contribution is 6.46.